The van der Waals surface area contributed by atoms with Gasteiger partial charge in [-0.25, -0.2) is 4.79 Å². The number of hydrogen-bond donors (Lipinski definition) is 1. The molecule has 0 saturated carbocycles. The summed E-state index contributed by atoms with van der Waals surface area (Å²) in [4.78, 5) is 11.5. The molecule has 3 heteroatoms. The minimum atomic E-state index is -0.445. The van der Waals surface area contributed by atoms with E-state index in [1.54, 1.807) is 0 Å². The van der Waals surface area contributed by atoms with Crippen molar-refractivity contribution in [3.05, 3.63) is 12.7 Å². The predicted octanol–water partition coefficient (Wildman–Crippen LogP) is 3.75. The summed E-state index contributed by atoms with van der Waals surface area (Å²) in [5, 5.41) is 2.82. The molecule has 0 spiro atoms. The molecule has 0 aliphatic carbocycles. The van der Waals surface area contributed by atoms with Crippen molar-refractivity contribution in [2.75, 3.05) is 6.54 Å². The van der Waals surface area contributed by atoms with Crippen molar-refractivity contribution >= 4 is 6.09 Å². The molecule has 1 N–H and O–H groups in total. The van der Waals surface area contributed by atoms with Crippen LogP contribution in [-0.4, -0.2) is 18.2 Å². The molecular weight excluding hydrogens is 214 g/mol. The Morgan fingerprint density at radius 1 is 1.29 bits per heavy atom. The lowest BCUT2D eigenvalue weighted by atomic mass is 9.79. The topological polar surface area (TPSA) is 38.3 Å². The second-order valence-electron chi connectivity index (χ2n) is 6.47. The first-order valence-electron chi connectivity index (χ1n) is 6.14. The van der Waals surface area contributed by atoms with Gasteiger partial charge in [-0.2, -0.15) is 0 Å². The molecule has 0 aromatic rings. The lowest BCUT2D eigenvalue weighted by Gasteiger charge is -2.30. The summed E-state index contributed by atoms with van der Waals surface area (Å²) in [6, 6.07) is 0. The Hall–Kier alpha value is -0.990. The largest absolute Gasteiger partial charge is 0.444 e. The van der Waals surface area contributed by atoms with E-state index in [1.807, 2.05) is 26.8 Å². The van der Waals surface area contributed by atoms with Crippen molar-refractivity contribution in [2.45, 2.75) is 53.6 Å². The molecule has 1 atom stereocenters. The first-order chi connectivity index (χ1) is 7.56. The molecule has 3 nitrogen and oxygen atoms in total. The quantitative estimate of drug-likeness (QED) is 0.761. The number of alkyl carbamates (subject to hydrolysis) is 1. The van der Waals surface area contributed by atoms with Crippen molar-refractivity contribution in [1.29, 1.82) is 0 Å². The highest BCUT2D eigenvalue weighted by Gasteiger charge is 2.24. The Morgan fingerprint density at radius 2 is 1.82 bits per heavy atom. The van der Waals surface area contributed by atoms with Gasteiger partial charge in [0.1, 0.15) is 5.60 Å². The molecule has 0 rings (SSSR count). The summed E-state index contributed by atoms with van der Waals surface area (Å²) in [5.74, 6) is 0.368. The van der Waals surface area contributed by atoms with E-state index in [1.165, 1.54) is 0 Å². The monoisotopic (exact) mass is 241 g/mol. The highest BCUT2D eigenvalue weighted by atomic mass is 16.6. The smallest absolute Gasteiger partial charge is 0.407 e. The number of hydrogen-bond acceptors (Lipinski definition) is 2. The molecule has 0 unspecified atom stereocenters. The zero-order valence-electron chi connectivity index (χ0n) is 12.1. The van der Waals surface area contributed by atoms with Crippen LogP contribution in [0.15, 0.2) is 12.7 Å². The van der Waals surface area contributed by atoms with Crippen LogP contribution in [0.3, 0.4) is 0 Å². The minimum Gasteiger partial charge on any atom is -0.444 e. The Labute approximate surface area is 106 Å². The molecule has 0 aromatic heterocycles. The maximum absolute atomic E-state index is 11.5. The highest BCUT2D eigenvalue weighted by molar-refractivity contribution is 5.67. The maximum atomic E-state index is 11.5. The third-order valence-corrected chi connectivity index (χ3v) is 2.57. The van der Waals surface area contributed by atoms with Gasteiger partial charge in [0.2, 0.25) is 0 Å². The number of nitrogens with one attached hydrogen (secondary N) is 1. The number of ether oxygens (including phenoxy) is 1. The van der Waals surface area contributed by atoms with E-state index in [4.69, 9.17) is 4.74 Å². The molecular formula is C14H27NO2. The summed E-state index contributed by atoms with van der Waals surface area (Å²) >= 11 is 0. The second-order valence-corrected chi connectivity index (χ2v) is 6.47. The highest BCUT2D eigenvalue weighted by Crippen LogP contribution is 2.28. The van der Waals surface area contributed by atoms with E-state index in [-0.39, 0.29) is 11.5 Å². The fourth-order valence-corrected chi connectivity index (χ4v) is 1.46. The molecule has 0 heterocycles. The van der Waals surface area contributed by atoms with Crippen molar-refractivity contribution in [2.24, 2.45) is 11.3 Å². The van der Waals surface area contributed by atoms with Crippen LogP contribution in [-0.2, 0) is 4.74 Å². The second kappa shape index (κ2) is 6.08. The predicted molar refractivity (Wildman–Crippen MR) is 72.0 cm³/mol. The van der Waals surface area contributed by atoms with Gasteiger partial charge < -0.3 is 10.1 Å². The van der Waals surface area contributed by atoms with Crippen LogP contribution in [0, 0.1) is 11.3 Å². The van der Waals surface area contributed by atoms with Crippen molar-refractivity contribution < 1.29 is 9.53 Å². The number of amides is 1. The van der Waals surface area contributed by atoms with Crippen LogP contribution in [0.4, 0.5) is 4.79 Å². The summed E-state index contributed by atoms with van der Waals surface area (Å²) in [6.45, 7) is 16.4. The average molecular weight is 241 g/mol. The number of carbonyl (C=O) groups is 1. The van der Waals surface area contributed by atoms with Gasteiger partial charge >= 0.3 is 6.09 Å². The molecule has 0 aliphatic rings. The van der Waals surface area contributed by atoms with E-state index >= 15 is 0 Å². The fraction of sp³-hybridized carbons (Fsp3) is 0.786. The van der Waals surface area contributed by atoms with E-state index in [9.17, 15) is 4.79 Å². The normalized spacial score (nSPS) is 14.0. The van der Waals surface area contributed by atoms with Crippen LogP contribution in [0.1, 0.15) is 48.0 Å². The number of carbonyl (C=O) groups excluding carboxylic acids is 1. The molecule has 0 radical (unpaired) electrons. The molecule has 17 heavy (non-hydrogen) atoms. The van der Waals surface area contributed by atoms with E-state index in [0.29, 0.717) is 12.5 Å². The summed E-state index contributed by atoms with van der Waals surface area (Å²) < 4.78 is 5.20. The lowest BCUT2D eigenvalue weighted by Crippen LogP contribution is -2.38. The van der Waals surface area contributed by atoms with Crippen LogP contribution >= 0.6 is 0 Å². The first-order valence-corrected chi connectivity index (χ1v) is 6.14. The molecule has 100 valence electrons. The maximum Gasteiger partial charge on any atom is 0.407 e. The molecule has 0 aliphatic heterocycles. The standard InChI is InChI=1S/C14H27NO2/c1-8-9-11(13(2,3)4)10-15-12(16)17-14(5,6)7/h8,11H,1,9-10H2,2-7H3,(H,15,16)/t11-/m1/s1. The van der Waals surface area contributed by atoms with Crippen molar-refractivity contribution in [3.63, 3.8) is 0 Å². The van der Waals surface area contributed by atoms with Gasteiger partial charge in [-0.15, -0.1) is 6.58 Å². The first kappa shape index (κ1) is 16.0. The molecule has 0 bridgehead atoms. The van der Waals surface area contributed by atoms with Crippen molar-refractivity contribution in [1.82, 2.24) is 5.32 Å². The molecule has 1 amide bonds. The Kier molecular flexibility index (Phi) is 5.73. The van der Waals surface area contributed by atoms with Gasteiger partial charge in [-0.05, 0) is 38.5 Å². The summed E-state index contributed by atoms with van der Waals surface area (Å²) in [6.07, 6.45) is 2.43. The summed E-state index contributed by atoms with van der Waals surface area (Å²) in [5.41, 5.74) is -0.303. The van der Waals surface area contributed by atoms with Gasteiger partial charge in [0, 0.05) is 6.54 Å². The van der Waals surface area contributed by atoms with E-state index in [2.05, 4.69) is 32.7 Å². The van der Waals surface area contributed by atoms with Crippen molar-refractivity contribution in [3.8, 4) is 0 Å². The Bertz CT molecular complexity index is 258. The minimum absolute atomic E-state index is 0.142. The van der Waals surface area contributed by atoms with Crippen LogP contribution in [0.25, 0.3) is 0 Å². The zero-order valence-corrected chi connectivity index (χ0v) is 12.1. The fourth-order valence-electron chi connectivity index (χ4n) is 1.46. The average Bonchev–Trinajstić information content (AvgIpc) is 2.07. The van der Waals surface area contributed by atoms with Gasteiger partial charge in [-0.3, -0.25) is 0 Å². The number of rotatable bonds is 4. The third kappa shape index (κ3) is 7.83. The van der Waals surface area contributed by atoms with Gasteiger partial charge in [0.15, 0.2) is 0 Å². The van der Waals surface area contributed by atoms with Crippen LogP contribution in [0.2, 0.25) is 0 Å². The SMILES string of the molecule is C=CC[C@H](CNC(=O)OC(C)(C)C)C(C)(C)C. The van der Waals surface area contributed by atoms with Gasteiger partial charge in [0.05, 0.1) is 0 Å². The van der Waals surface area contributed by atoms with Gasteiger partial charge in [-0.1, -0.05) is 26.8 Å². The van der Waals surface area contributed by atoms with Crippen LogP contribution in [0.5, 0.6) is 0 Å². The summed E-state index contributed by atoms with van der Waals surface area (Å²) in [7, 11) is 0. The van der Waals surface area contributed by atoms with E-state index in [0.717, 1.165) is 6.42 Å². The molecule has 0 fully saturated rings. The Morgan fingerprint density at radius 3 is 2.18 bits per heavy atom. The third-order valence-electron chi connectivity index (χ3n) is 2.57. The van der Waals surface area contributed by atoms with Crippen LogP contribution < -0.4 is 5.32 Å². The van der Waals surface area contributed by atoms with E-state index < -0.39 is 5.60 Å². The molecule has 0 aromatic carbocycles. The lowest BCUT2D eigenvalue weighted by molar-refractivity contribution is 0.0506. The number of allylic oxidation sites excluding steroid dienone is 1. The molecule has 0 saturated heterocycles. The van der Waals surface area contributed by atoms with Gasteiger partial charge in [0.25, 0.3) is 0 Å². The Balaban J connectivity index is 4.23. The zero-order chi connectivity index (χ0) is 13.7.